The number of piperidine rings is 1. The zero-order valence-electron chi connectivity index (χ0n) is 15.8. The first-order valence-corrected chi connectivity index (χ1v) is 9.91. The van der Waals surface area contributed by atoms with E-state index in [9.17, 15) is 14.7 Å². The van der Waals surface area contributed by atoms with Gasteiger partial charge in [0.2, 0.25) is 5.91 Å². The van der Waals surface area contributed by atoms with Crippen LogP contribution in [0.15, 0.2) is 54.6 Å². The van der Waals surface area contributed by atoms with Gasteiger partial charge in [-0.1, -0.05) is 41.9 Å². The fourth-order valence-corrected chi connectivity index (χ4v) is 3.70. The van der Waals surface area contributed by atoms with Gasteiger partial charge in [-0.05, 0) is 55.5 Å². The molecular weight excluding hydrogens is 376 g/mol. The minimum Gasteiger partial charge on any atom is -0.388 e. The molecule has 0 aliphatic carbocycles. The van der Waals surface area contributed by atoms with Crippen molar-refractivity contribution < 1.29 is 14.7 Å². The summed E-state index contributed by atoms with van der Waals surface area (Å²) < 4.78 is 0. The summed E-state index contributed by atoms with van der Waals surface area (Å²) in [6.45, 7) is 2.85. The second kappa shape index (κ2) is 9.22. The third-order valence-electron chi connectivity index (χ3n) is 5.26. The monoisotopic (exact) mass is 400 g/mol. The number of nitrogens with zero attached hydrogens (tertiary/aromatic N) is 1. The predicted molar refractivity (Wildman–Crippen MR) is 109 cm³/mol. The lowest BCUT2D eigenvalue weighted by Gasteiger charge is -2.35. The summed E-state index contributed by atoms with van der Waals surface area (Å²) in [7, 11) is 0. The average molecular weight is 401 g/mol. The largest absolute Gasteiger partial charge is 0.388 e. The summed E-state index contributed by atoms with van der Waals surface area (Å²) in [6.07, 6.45) is 0.958. The molecule has 0 spiro atoms. The van der Waals surface area contributed by atoms with Gasteiger partial charge in [0.1, 0.15) is 6.04 Å². The lowest BCUT2D eigenvalue weighted by atomic mass is 9.87. The average Bonchev–Trinajstić information content (AvgIpc) is 2.73. The Morgan fingerprint density at radius 2 is 1.68 bits per heavy atom. The molecule has 0 bridgehead atoms. The molecular formula is C22H25ClN2O3. The molecule has 28 heavy (non-hydrogen) atoms. The van der Waals surface area contributed by atoms with Crippen LogP contribution in [0.25, 0.3) is 0 Å². The third-order valence-corrected chi connectivity index (χ3v) is 5.52. The standard InChI is InChI=1S/C22H25ClN2O3/c1-15(24-21(27)18-7-9-19(23)10-8-18)22(28)25-13-11-17(12-14-25)20(26)16-5-3-2-4-6-16/h2-10,15,17,20,26H,11-14H2,1H3,(H,24,27). The molecule has 6 heteroatoms. The Morgan fingerprint density at radius 3 is 2.29 bits per heavy atom. The number of nitrogens with one attached hydrogen (secondary N) is 1. The number of carbonyl (C=O) groups excluding carboxylic acids is 2. The van der Waals surface area contributed by atoms with Crippen LogP contribution in [-0.2, 0) is 4.79 Å². The first-order valence-electron chi connectivity index (χ1n) is 9.54. The summed E-state index contributed by atoms with van der Waals surface area (Å²) in [6, 6.07) is 15.6. The molecule has 2 N–H and O–H groups in total. The van der Waals surface area contributed by atoms with Gasteiger partial charge < -0.3 is 15.3 Å². The number of benzene rings is 2. The van der Waals surface area contributed by atoms with E-state index in [0.29, 0.717) is 23.7 Å². The van der Waals surface area contributed by atoms with Gasteiger partial charge in [-0.3, -0.25) is 9.59 Å². The highest BCUT2D eigenvalue weighted by molar-refractivity contribution is 6.30. The van der Waals surface area contributed by atoms with Crippen LogP contribution in [-0.4, -0.2) is 41.0 Å². The van der Waals surface area contributed by atoms with Gasteiger partial charge >= 0.3 is 0 Å². The van der Waals surface area contributed by atoms with Crippen LogP contribution in [0.2, 0.25) is 5.02 Å². The Balaban J connectivity index is 1.51. The maximum Gasteiger partial charge on any atom is 0.251 e. The Bertz CT molecular complexity index is 802. The Labute approximate surface area is 170 Å². The topological polar surface area (TPSA) is 69.6 Å². The van der Waals surface area contributed by atoms with Crippen LogP contribution in [0.3, 0.4) is 0 Å². The van der Waals surface area contributed by atoms with Crippen LogP contribution in [0, 0.1) is 5.92 Å². The van der Waals surface area contributed by atoms with Crippen LogP contribution in [0.1, 0.15) is 41.8 Å². The molecule has 2 amide bonds. The number of likely N-dealkylation sites (tertiary alicyclic amines) is 1. The maximum absolute atomic E-state index is 12.7. The third kappa shape index (κ3) is 4.91. The molecule has 2 unspecified atom stereocenters. The van der Waals surface area contributed by atoms with Crippen molar-refractivity contribution in [3.05, 3.63) is 70.7 Å². The first kappa shape index (κ1) is 20.4. The van der Waals surface area contributed by atoms with E-state index in [1.54, 1.807) is 36.1 Å². The van der Waals surface area contributed by atoms with Gasteiger partial charge in [0, 0.05) is 23.7 Å². The number of amides is 2. The lowest BCUT2D eigenvalue weighted by molar-refractivity contribution is -0.134. The number of halogens is 1. The molecule has 1 saturated heterocycles. The minimum absolute atomic E-state index is 0.102. The highest BCUT2D eigenvalue weighted by Crippen LogP contribution is 2.30. The SMILES string of the molecule is CC(NC(=O)c1ccc(Cl)cc1)C(=O)N1CCC(C(O)c2ccccc2)CC1. The van der Waals surface area contributed by atoms with E-state index in [-0.39, 0.29) is 17.7 Å². The quantitative estimate of drug-likeness (QED) is 0.807. The Kier molecular flexibility index (Phi) is 6.70. The fourth-order valence-electron chi connectivity index (χ4n) is 3.57. The predicted octanol–water partition coefficient (Wildman–Crippen LogP) is 3.43. The molecule has 148 valence electrons. The number of aliphatic hydroxyl groups is 1. The highest BCUT2D eigenvalue weighted by Gasteiger charge is 2.30. The molecule has 2 aromatic carbocycles. The normalized spacial score (nSPS) is 17.0. The zero-order valence-corrected chi connectivity index (χ0v) is 16.6. The maximum atomic E-state index is 12.7. The van der Waals surface area contributed by atoms with Gasteiger partial charge in [0.05, 0.1) is 6.10 Å². The van der Waals surface area contributed by atoms with Crippen molar-refractivity contribution in [3.63, 3.8) is 0 Å². The Hall–Kier alpha value is -2.37. The van der Waals surface area contributed by atoms with E-state index in [1.807, 2.05) is 30.3 Å². The molecule has 1 aliphatic rings. The van der Waals surface area contributed by atoms with E-state index in [4.69, 9.17) is 11.6 Å². The summed E-state index contributed by atoms with van der Waals surface area (Å²) in [5.74, 6) is -0.271. The summed E-state index contributed by atoms with van der Waals surface area (Å²) in [4.78, 5) is 26.8. The molecule has 0 aromatic heterocycles. The van der Waals surface area contributed by atoms with E-state index in [2.05, 4.69) is 5.32 Å². The molecule has 2 atom stereocenters. The highest BCUT2D eigenvalue weighted by atomic mass is 35.5. The smallest absolute Gasteiger partial charge is 0.251 e. The molecule has 5 nitrogen and oxygen atoms in total. The van der Waals surface area contributed by atoms with Gasteiger partial charge in [-0.25, -0.2) is 0 Å². The van der Waals surface area contributed by atoms with Gasteiger partial charge in [0.25, 0.3) is 5.91 Å². The van der Waals surface area contributed by atoms with E-state index >= 15 is 0 Å². The van der Waals surface area contributed by atoms with E-state index in [1.165, 1.54) is 0 Å². The molecule has 0 saturated carbocycles. The number of rotatable bonds is 5. The van der Waals surface area contributed by atoms with Crippen molar-refractivity contribution in [1.29, 1.82) is 0 Å². The van der Waals surface area contributed by atoms with Crippen molar-refractivity contribution in [2.45, 2.75) is 31.9 Å². The van der Waals surface area contributed by atoms with Crippen molar-refractivity contribution in [3.8, 4) is 0 Å². The zero-order chi connectivity index (χ0) is 20.1. The molecule has 1 heterocycles. The molecule has 1 aliphatic heterocycles. The second-order valence-corrected chi connectivity index (χ2v) is 7.66. The van der Waals surface area contributed by atoms with Crippen LogP contribution >= 0.6 is 11.6 Å². The Morgan fingerprint density at radius 1 is 1.07 bits per heavy atom. The van der Waals surface area contributed by atoms with Gasteiger partial charge in [-0.2, -0.15) is 0 Å². The first-order chi connectivity index (χ1) is 13.5. The van der Waals surface area contributed by atoms with Crippen LogP contribution in [0.5, 0.6) is 0 Å². The summed E-state index contributed by atoms with van der Waals surface area (Å²) >= 11 is 5.84. The van der Waals surface area contributed by atoms with Gasteiger partial charge in [0.15, 0.2) is 0 Å². The second-order valence-electron chi connectivity index (χ2n) is 7.22. The number of hydrogen-bond donors (Lipinski definition) is 2. The van der Waals surface area contributed by atoms with E-state index in [0.717, 1.165) is 18.4 Å². The van der Waals surface area contributed by atoms with E-state index < -0.39 is 12.1 Å². The molecule has 2 aromatic rings. The van der Waals surface area contributed by atoms with Crippen LogP contribution < -0.4 is 5.32 Å². The number of carbonyl (C=O) groups is 2. The molecule has 1 fully saturated rings. The van der Waals surface area contributed by atoms with Crippen LogP contribution in [0.4, 0.5) is 0 Å². The summed E-state index contributed by atoms with van der Waals surface area (Å²) in [5, 5.41) is 13.9. The number of aliphatic hydroxyl groups excluding tert-OH is 1. The lowest BCUT2D eigenvalue weighted by Crippen LogP contribution is -2.49. The molecule has 3 rings (SSSR count). The van der Waals surface area contributed by atoms with Gasteiger partial charge in [-0.15, -0.1) is 0 Å². The van der Waals surface area contributed by atoms with Crippen molar-refractivity contribution in [2.75, 3.05) is 13.1 Å². The van der Waals surface area contributed by atoms with Crippen molar-refractivity contribution in [2.24, 2.45) is 5.92 Å². The number of hydrogen-bond acceptors (Lipinski definition) is 3. The minimum atomic E-state index is -0.612. The van der Waals surface area contributed by atoms with Crippen molar-refractivity contribution in [1.82, 2.24) is 10.2 Å². The fraction of sp³-hybridized carbons (Fsp3) is 0.364. The van der Waals surface area contributed by atoms with Crippen molar-refractivity contribution >= 4 is 23.4 Å². The summed E-state index contributed by atoms with van der Waals surface area (Å²) in [5.41, 5.74) is 1.38. The molecule has 0 radical (unpaired) electrons.